The van der Waals surface area contributed by atoms with E-state index in [0.717, 1.165) is 0 Å². The summed E-state index contributed by atoms with van der Waals surface area (Å²) in [5.74, 6) is 4.86. The molecule has 1 aromatic carbocycles. The van der Waals surface area contributed by atoms with Crippen molar-refractivity contribution in [2.45, 2.75) is 13.5 Å². The molecule has 1 heterocycles. The van der Waals surface area contributed by atoms with E-state index in [1.807, 2.05) is 0 Å². The Kier molecular flexibility index (Phi) is 4.24. The monoisotopic (exact) mass is 290 g/mol. The van der Waals surface area contributed by atoms with Crippen molar-refractivity contribution < 1.29 is 9.72 Å². The van der Waals surface area contributed by atoms with E-state index >= 15 is 0 Å². The molecule has 3 N–H and O–H groups in total. The number of nitrogens with zero attached hydrogens (tertiary/aromatic N) is 4. The van der Waals surface area contributed by atoms with Crippen LogP contribution in [-0.2, 0) is 11.3 Å². The lowest BCUT2D eigenvalue weighted by Crippen LogP contribution is -2.36. The molecule has 2 aromatic rings. The van der Waals surface area contributed by atoms with E-state index in [0.29, 0.717) is 17.9 Å². The van der Waals surface area contributed by atoms with Gasteiger partial charge in [0, 0.05) is 17.7 Å². The number of nitro groups is 1. The van der Waals surface area contributed by atoms with Crippen molar-refractivity contribution in [1.29, 1.82) is 0 Å². The maximum atomic E-state index is 11.3. The van der Waals surface area contributed by atoms with E-state index in [9.17, 15) is 14.9 Å². The third-order valence-corrected chi connectivity index (χ3v) is 2.92. The zero-order chi connectivity index (χ0) is 15.4. The third kappa shape index (κ3) is 3.39. The molecular formula is C12H14N6O3. The molecule has 0 aliphatic rings. The number of benzene rings is 1. The van der Waals surface area contributed by atoms with Crippen LogP contribution in [0.3, 0.4) is 0 Å². The maximum Gasteiger partial charge on any atom is 0.269 e. The van der Waals surface area contributed by atoms with Crippen molar-refractivity contribution in [2.75, 3.05) is 0 Å². The highest BCUT2D eigenvalue weighted by molar-refractivity contribution is 5.77. The second-order valence-corrected chi connectivity index (χ2v) is 4.50. The zero-order valence-electron chi connectivity index (χ0n) is 11.3. The van der Waals surface area contributed by atoms with Gasteiger partial charge in [0.25, 0.3) is 5.69 Å². The number of nitro benzene ring substituents is 1. The van der Waals surface area contributed by atoms with Crippen LogP contribution in [0.2, 0.25) is 0 Å². The quantitative estimate of drug-likeness (QED) is 0.356. The smallest absolute Gasteiger partial charge is 0.269 e. The van der Waals surface area contributed by atoms with E-state index in [1.54, 1.807) is 19.1 Å². The first-order valence-corrected chi connectivity index (χ1v) is 6.16. The normalized spacial score (nSPS) is 11.9. The largest absolute Gasteiger partial charge is 0.294 e. The van der Waals surface area contributed by atoms with E-state index in [2.05, 4.69) is 15.5 Å². The first kappa shape index (κ1) is 14.6. The number of nitrogens with two attached hydrogens (primary N) is 1. The molecule has 0 saturated heterocycles. The van der Waals surface area contributed by atoms with Crippen molar-refractivity contribution in [1.82, 2.24) is 20.2 Å². The number of aromatic nitrogens is 3. The molecule has 0 fully saturated rings. The molecule has 0 bridgehead atoms. The lowest BCUT2D eigenvalue weighted by Gasteiger charge is -2.08. The number of hydrogen-bond donors (Lipinski definition) is 2. The van der Waals surface area contributed by atoms with E-state index in [4.69, 9.17) is 5.84 Å². The van der Waals surface area contributed by atoms with Gasteiger partial charge in [-0.2, -0.15) is 5.10 Å². The molecule has 0 radical (unpaired) electrons. The summed E-state index contributed by atoms with van der Waals surface area (Å²) in [7, 11) is 0. The number of carbonyl (C=O) groups is 1. The number of rotatable bonds is 5. The zero-order valence-corrected chi connectivity index (χ0v) is 11.3. The second-order valence-electron chi connectivity index (χ2n) is 4.50. The van der Waals surface area contributed by atoms with Crippen LogP contribution in [0.15, 0.2) is 30.6 Å². The molecule has 9 nitrogen and oxygen atoms in total. The summed E-state index contributed by atoms with van der Waals surface area (Å²) in [6.07, 6.45) is 1.50. The summed E-state index contributed by atoms with van der Waals surface area (Å²) in [5, 5.41) is 14.8. The van der Waals surface area contributed by atoms with Gasteiger partial charge in [0.15, 0.2) is 5.82 Å². The Labute approximate surface area is 119 Å². The van der Waals surface area contributed by atoms with Gasteiger partial charge in [-0.15, -0.1) is 0 Å². The van der Waals surface area contributed by atoms with Crippen LogP contribution in [0.5, 0.6) is 0 Å². The summed E-state index contributed by atoms with van der Waals surface area (Å²) in [5.41, 5.74) is 2.74. The van der Waals surface area contributed by atoms with Crippen LogP contribution >= 0.6 is 0 Å². The fourth-order valence-electron chi connectivity index (χ4n) is 1.75. The Bertz CT molecular complexity index is 651. The van der Waals surface area contributed by atoms with Crippen LogP contribution in [0.4, 0.5) is 5.69 Å². The van der Waals surface area contributed by atoms with Crippen LogP contribution < -0.4 is 11.3 Å². The van der Waals surface area contributed by atoms with E-state index in [-0.39, 0.29) is 17.5 Å². The van der Waals surface area contributed by atoms with Gasteiger partial charge in [0.05, 0.1) is 17.4 Å². The Morgan fingerprint density at radius 3 is 2.71 bits per heavy atom. The molecule has 9 heteroatoms. The van der Waals surface area contributed by atoms with Crippen LogP contribution in [0.25, 0.3) is 11.4 Å². The van der Waals surface area contributed by atoms with Crippen LogP contribution in [0.1, 0.15) is 6.92 Å². The van der Waals surface area contributed by atoms with E-state index in [1.165, 1.54) is 23.1 Å². The average molecular weight is 290 g/mol. The van der Waals surface area contributed by atoms with Gasteiger partial charge < -0.3 is 0 Å². The highest BCUT2D eigenvalue weighted by Gasteiger charge is 2.14. The predicted octanol–water partition coefficient (Wildman–Crippen LogP) is 0.479. The van der Waals surface area contributed by atoms with Crippen LogP contribution in [-0.4, -0.2) is 25.6 Å². The molecular weight excluding hydrogens is 276 g/mol. The minimum absolute atomic E-state index is 0.00595. The number of carbonyl (C=O) groups excluding carboxylic acids is 1. The molecule has 2 rings (SSSR count). The lowest BCUT2D eigenvalue weighted by molar-refractivity contribution is -0.384. The Balaban J connectivity index is 2.12. The van der Waals surface area contributed by atoms with Gasteiger partial charge >= 0.3 is 0 Å². The summed E-state index contributed by atoms with van der Waals surface area (Å²) in [6, 6.07) is 5.93. The predicted molar refractivity (Wildman–Crippen MR) is 73.6 cm³/mol. The van der Waals surface area contributed by atoms with Crippen molar-refractivity contribution in [3.05, 3.63) is 40.7 Å². The summed E-state index contributed by atoms with van der Waals surface area (Å²) >= 11 is 0. The molecule has 21 heavy (non-hydrogen) atoms. The molecule has 1 amide bonds. The minimum Gasteiger partial charge on any atom is -0.294 e. The Hall–Kier alpha value is -2.81. The molecule has 1 unspecified atom stereocenters. The van der Waals surface area contributed by atoms with Gasteiger partial charge in [0.1, 0.15) is 6.33 Å². The molecule has 0 aliphatic carbocycles. The molecule has 1 aromatic heterocycles. The first-order chi connectivity index (χ1) is 10.0. The fraction of sp³-hybridized carbons (Fsp3) is 0.250. The highest BCUT2D eigenvalue weighted by atomic mass is 16.6. The number of hydrogen-bond acceptors (Lipinski definition) is 6. The third-order valence-electron chi connectivity index (χ3n) is 2.92. The van der Waals surface area contributed by atoms with Gasteiger partial charge in [0.2, 0.25) is 5.91 Å². The summed E-state index contributed by atoms with van der Waals surface area (Å²) in [6.45, 7) is 2.05. The van der Waals surface area contributed by atoms with Crippen molar-refractivity contribution in [2.24, 2.45) is 11.8 Å². The number of amides is 1. The van der Waals surface area contributed by atoms with Crippen LogP contribution in [0, 0.1) is 16.0 Å². The summed E-state index contributed by atoms with van der Waals surface area (Å²) in [4.78, 5) is 25.6. The molecule has 110 valence electrons. The fourth-order valence-corrected chi connectivity index (χ4v) is 1.75. The minimum atomic E-state index is -0.469. The number of non-ortho nitro benzene ring substituents is 1. The average Bonchev–Trinajstić information content (AvgIpc) is 2.94. The standard InChI is InChI=1S/C12H14N6O3/c1-8(12(19)15-13)6-17-7-14-11(16-17)9-2-4-10(5-3-9)18(20)21/h2-5,7-8H,6,13H2,1H3,(H,15,19). The maximum absolute atomic E-state index is 11.3. The number of nitrogens with one attached hydrogen (secondary N) is 1. The lowest BCUT2D eigenvalue weighted by atomic mass is 10.2. The van der Waals surface area contributed by atoms with Gasteiger partial charge in [-0.25, -0.2) is 10.8 Å². The van der Waals surface area contributed by atoms with Gasteiger partial charge in [-0.05, 0) is 12.1 Å². The molecule has 0 spiro atoms. The van der Waals surface area contributed by atoms with E-state index < -0.39 is 4.92 Å². The Morgan fingerprint density at radius 2 is 2.14 bits per heavy atom. The molecule has 0 aliphatic heterocycles. The van der Waals surface area contributed by atoms with Crippen molar-refractivity contribution >= 4 is 11.6 Å². The molecule has 1 atom stereocenters. The van der Waals surface area contributed by atoms with Gasteiger partial charge in [-0.3, -0.25) is 25.0 Å². The highest BCUT2D eigenvalue weighted by Crippen LogP contribution is 2.19. The molecule has 0 saturated carbocycles. The Morgan fingerprint density at radius 1 is 1.48 bits per heavy atom. The topological polar surface area (TPSA) is 129 Å². The first-order valence-electron chi connectivity index (χ1n) is 6.16. The van der Waals surface area contributed by atoms with Gasteiger partial charge in [-0.1, -0.05) is 6.92 Å². The second kappa shape index (κ2) is 6.09. The summed E-state index contributed by atoms with van der Waals surface area (Å²) < 4.78 is 1.52. The number of hydrazine groups is 1. The van der Waals surface area contributed by atoms with Crippen molar-refractivity contribution in [3.63, 3.8) is 0 Å². The SMILES string of the molecule is CC(Cn1cnc(-c2ccc([N+](=O)[O-])cc2)n1)C(=O)NN. The van der Waals surface area contributed by atoms with Crippen molar-refractivity contribution in [3.8, 4) is 11.4 Å².